The van der Waals surface area contributed by atoms with Gasteiger partial charge in [0.25, 0.3) is 0 Å². The number of esters is 2. The van der Waals surface area contributed by atoms with E-state index in [1.165, 1.54) is 161 Å². The molecule has 0 aromatic carbocycles. The molecule has 1 fully saturated rings. The van der Waals surface area contributed by atoms with Gasteiger partial charge in [0.15, 0.2) is 0 Å². The standard InChI is InChI=1S/C53H103NO5/c1-5-9-13-17-19-29-39-50(37-27-15-11-7-3)52(56)58-43-33-23-21-25-35-48-45-49(47-54(46-48)41-31-32-42-55)36-26-22-24-34-44-59-53(57)51(38-28-16-12-8-4)40-30-20-18-14-10-6-2/h48-51,55H,5-47H2,1-4H3. The lowest BCUT2D eigenvalue weighted by molar-refractivity contribution is -0.150. The zero-order valence-corrected chi connectivity index (χ0v) is 40.2. The molecule has 0 amide bonds. The van der Waals surface area contributed by atoms with E-state index in [0.29, 0.717) is 19.8 Å². The number of ether oxygens (including phenoxy) is 2. The van der Waals surface area contributed by atoms with Crippen LogP contribution in [0, 0.1) is 23.7 Å². The number of nitrogens with zero attached hydrogens (tertiary/aromatic N) is 1. The second-order valence-electron chi connectivity index (χ2n) is 19.1. The highest BCUT2D eigenvalue weighted by molar-refractivity contribution is 5.72. The van der Waals surface area contributed by atoms with Gasteiger partial charge in [0.1, 0.15) is 0 Å². The Morgan fingerprint density at radius 3 is 1.19 bits per heavy atom. The Morgan fingerprint density at radius 1 is 0.458 bits per heavy atom. The van der Waals surface area contributed by atoms with Gasteiger partial charge in [-0.3, -0.25) is 9.59 Å². The van der Waals surface area contributed by atoms with Crippen molar-refractivity contribution in [2.24, 2.45) is 23.7 Å². The van der Waals surface area contributed by atoms with Gasteiger partial charge in [-0.15, -0.1) is 0 Å². The number of hydrogen-bond acceptors (Lipinski definition) is 6. The highest BCUT2D eigenvalue weighted by Gasteiger charge is 2.27. The lowest BCUT2D eigenvalue weighted by atomic mass is 9.83. The number of carbonyl (C=O) groups is 2. The zero-order chi connectivity index (χ0) is 42.9. The Kier molecular flexibility index (Phi) is 39.9. The molecule has 1 rings (SSSR count). The maximum absolute atomic E-state index is 13.1. The molecule has 0 radical (unpaired) electrons. The molecule has 1 saturated heterocycles. The lowest BCUT2D eigenvalue weighted by Gasteiger charge is -2.38. The van der Waals surface area contributed by atoms with Crippen LogP contribution in [0.5, 0.6) is 0 Å². The van der Waals surface area contributed by atoms with Gasteiger partial charge in [0.2, 0.25) is 0 Å². The number of rotatable bonds is 44. The van der Waals surface area contributed by atoms with Gasteiger partial charge in [-0.05, 0) is 89.0 Å². The van der Waals surface area contributed by atoms with Crippen LogP contribution in [0.4, 0.5) is 0 Å². The van der Waals surface area contributed by atoms with Gasteiger partial charge in [-0.25, -0.2) is 0 Å². The molecule has 350 valence electrons. The maximum atomic E-state index is 13.1. The Bertz CT molecular complexity index is 846. The summed E-state index contributed by atoms with van der Waals surface area (Å²) in [7, 11) is 0. The second kappa shape index (κ2) is 42.2. The summed E-state index contributed by atoms with van der Waals surface area (Å²) in [5.41, 5.74) is 0. The van der Waals surface area contributed by atoms with Crippen molar-refractivity contribution in [1.29, 1.82) is 0 Å². The smallest absolute Gasteiger partial charge is 0.308 e. The number of aliphatic hydroxyl groups excluding tert-OH is 1. The van der Waals surface area contributed by atoms with E-state index in [1.807, 2.05) is 0 Å². The van der Waals surface area contributed by atoms with Crippen molar-refractivity contribution in [1.82, 2.24) is 4.90 Å². The van der Waals surface area contributed by atoms with Crippen LogP contribution >= 0.6 is 0 Å². The van der Waals surface area contributed by atoms with E-state index in [1.54, 1.807) is 0 Å². The van der Waals surface area contributed by atoms with E-state index in [4.69, 9.17) is 9.47 Å². The van der Waals surface area contributed by atoms with E-state index < -0.39 is 0 Å². The number of unbranched alkanes of at least 4 members (excludes halogenated alkanes) is 23. The number of hydrogen-bond donors (Lipinski definition) is 1. The quantitative estimate of drug-likeness (QED) is 0.0487. The normalized spacial score (nSPS) is 17.0. The monoisotopic (exact) mass is 834 g/mol. The fraction of sp³-hybridized carbons (Fsp3) is 0.962. The summed E-state index contributed by atoms with van der Waals surface area (Å²) in [6.07, 6.45) is 44.3. The summed E-state index contributed by atoms with van der Waals surface area (Å²) in [6.45, 7) is 14.0. The van der Waals surface area contributed by atoms with Gasteiger partial charge >= 0.3 is 11.9 Å². The van der Waals surface area contributed by atoms with Gasteiger partial charge in [0.05, 0.1) is 25.0 Å². The Morgan fingerprint density at radius 2 is 0.797 bits per heavy atom. The second-order valence-corrected chi connectivity index (χ2v) is 19.1. The molecule has 0 aliphatic carbocycles. The average Bonchev–Trinajstić information content (AvgIpc) is 3.24. The first-order valence-corrected chi connectivity index (χ1v) is 26.6. The number of piperidine rings is 1. The van der Waals surface area contributed by atoms with Gasteiger partial charge in [-0.2, -0.15) is 0 Å². The molecule has 4 atom stereocenters. The minimum absolute atomic E-state index is 0.0729. The van der Waals surface area contributed by atoms with E-state index in [9.17, 15) is 14.7 Å². The molecule has 0 aromatic heterocycles. The van der Waals surface area contributed by atoms with E-state index in [0.717, 1.165) is 108 Å². The number of likely N-dealkylation sites (tertiary alicyclic amines) is 1. The maximum Gasteiger partial charge on any atom is 0.308 e. The van der Waals surface area contributed by atoms with E-state index in [-0.39, 0.29) is 23.8 Å². The van der Waals surface area contributed by atoms with Crippen LogP contribution in [0.25, 0.3) is 0 Å². The predicted octanol–water partition coefficient (Wildman–Crippen LogP) is 15.4. The molecule has 1 heterocycles. The first-order chi connectivity index (χ1) is 29.0. The molecule has 1 aliphatic rings. The minimum Gasteiger partial charge on any atom is -0.465 e. The Labute approximate surface area is 368 Å². The summed E-state index contributed by atoms with van der Waals surface area (Å²) in [4.78, 5) is 28.8. The zero-order valence-electron chi connectivity index (χ0n) is 40.2. The lowest BCUT2D eigenvalue weighted by Crippen LogP contribution is -2.41. The fourth-order valence-corrected chi connectivity index (χ4v) is 9.57. The first-order valence-electron chi connectivity index (χ1n) is 26.6. The summed E-state index contributed by atoms with van der Waals surface area (Å²) >= 11 is 0. The van der Waals surface area contributed by atoms with Crippen LogP contribution in [0.1, 0.15) is 265 Å². The van der Waals surface area contributed by atoms with Crippen molar-refractivity contribution in [2.45, 2.75) is 265 Å². The largest absolute Gasteiger partial charge is 0.465 e. The van der Waals surface area contributed by atoms with Crippen LogP contribution in [0.2, 0.25) is 0 Å². The molecule has 4 unspecified atom stereocenters. The third-order valence-electron chi connectivity index (χ3n) is 13.4. The van der Waals surface area contributed by atoms with Crippen LogP contribution < -0.4 is 0 Å². The molecule has 59 heavy (non-hydrogen) atoms. The molecule has 6 heteroatoms. The molecule has 0 saturated carbocycles. The summed E-state index contributed by atoms with van der Waals surface area (Å²) in [6, 6.07) is 0. The third kappa shape index (κ3) is 33.1. The van der Waals surface area contributed by atoms with Gasteiger partial charge in [-0.1, -0.05) is 195 Å². The predicted molar refractivity (Wildman–Crippen MR) is 253 cm³/mol. The number of aliphatic hydroxyl groups is 1. The topological polar surface area (TPSA) is 76.1 Å². The van der Waals surface area contributed by atoms with Crippen molar-refractivity contribution in [3.63, 3.8) is 0 Å². The summed E-state index contributed by atoms with van der Waals surface area (Å²) in [5.74, 6) is 1.88. The van der Waals surface area contributed by atoms with Gasteiger partial charge < -0.3 is 19.5 Å². The van der Waals surface area contributed by atoms with Crippen molar-refractivity contribution in [2.75, 3.05) is 39.5 Å². The average molecular weight is 834 g/mol. The fourth-order valence-electron chi connectivity index (χ4n) is 9.57. The minimum atomic E-state index is 0.0729. The highest BCUT2D eigenvalue weighted by atomic mass is 16.5. The summed E-state index contributed by atoms with van der Waals surface area (Å²) in [5, 5.41) is 9.39. The molecule has 6 nitrogen and oxygen atoms in total. The molecular formula is C53H103NO5. The Hall–Kier alpha value is -1.14. The number of carbonyl (C=O) groups excluding carboxylic acids is 2. The first kappa shape index (κ1) is 55.9. The van der Waals surface area contributed by atoms with Crippen molar-refractivity contribution < 1.29 is 24.2 Å². The van der Waals surface area contributed by atoms with Crippen LogP contribution in [-0.2, 0) is 19.1 Å². The van der Waals surface area contributed by atoms with E-state index >= 15 is 0 Å². The highest BCUT2D eigenvalue weighted by Crippen LogP contribution is 2.30. The summed E-state index contributed by atoms with van der Waals surface area (Å²) < 4.78 is 11.8. The van der Waals surface area contributed by atoms with E-state index in [2.05, 4.69) is 32.6 Å². The van der Waals surface area contributed by atoms with Crippen molar-refractivity contribution >= 4 is 11.9 Å². The molecule has 1 N–H and O–H groups in total. The third-order valence-corrected chi connectivity index (χ3v) is 13.4. The SMILES string of the molecule is CCCCCCCCC(CCCCCC)C(=O)OCCCCCCC1CC(CCCCCCOC(=O)C(CCCCCC)CCCCCCCC)CN(CCCCO)C1. The van der Waals surface area contributed by atoms with Crippen LogP contribution in [-0.4, -0.2) is 61.4 Å². The van der Waals surface area contributed by atoms with Gasteiger partial charge in [0, 0.05) is 19.7 Å². The van der Waals surface area contributed by atoms with Crippen molar-refractivity contribution in [3.8, 4) is 0 Å². The molecule has 0 bridgehead atoms. The molecule has 1 aliphatic heterocycles. The van der Waals surface area contributed by atoms with Crippen LogP contribution in [0.3, 0.4) is 0 Å². The molecular weight excluding hydrogens is 731 g/mol. The van der Waals surface area contributed by atoms with Crippen molar-refractivity contribution in [3.05, 3.63) is 0 Å². The molecule has 0 aromatic rings. The van der Waals surface area contributed by atoms with Crippen LogP contribution in [0.15, 0.2) is 0 Å². The Balaban J connectivity index is 2.38. The molecule has 0 spiro atoms.